The summed E-state index contributed by atoms with van der Waals surface area (Å²) >= 11 is 0. The Bertz CT molecular complexity index is 884. The summed E-state index contributed by atoms with van der Waals surface area (Å²) in [4.78, 5) is 5.17. The number of methoxy groups -OCH3 is 1. The second-order valence-corrected chi connectivity index (χ2v) is 8.35. The number of rotatable bonds is 10. The number of nitrogens with zero attached hydrogens (tertiary/aromatic N) is 6. The summed E-state index contributed by atoms with van der Waals surface area (Å²) in [5.41, 5.74) is 2.70. The maximum atomic E-state index is 5.24. The van der Waals surface area contributed by atoms with E-state index in [1.54, 1.807) is 7.11 Å². The Morgan fingerprint density at radius 3 is 2.03 bits per heavy atom. The Morgan fingerprint density at radius 2 is 1.47 bits per heavy atom. The van der Waals surface area contributed by atoms with E-state index in [1.807, 2.05) is 4.68 Å². The summed E-state index contributed by atoms with van der Waals surface area (Å²) in [7, 11) is 1.71. The molecule has 0 amide bonds. The lowest BCUT2D eigenvalue weighted by Gasteiger charge is -2.42. The number of hydrogen-bond donors (Lipinski definition) is 0. The molecule has 7 heteroatoms. The van der Waals surface area contributed by atoms with Gasteiger partial charge in [0.15, 0.2) is 5.82 Å². The van der Waals surface area contributed by atoms with E-state index in [4.69, 9.17) is 4.74 Å². The highest BCUT2D eigenvalue weighted by Gasteiger charge is 2.31. The fourth-order valence-electron chi connectivity index (χ4n) is 4.73. The molecule has 3 aromatic rings. The minimum atomic E-state index is 0.237. The number of piperazine rings is 1. The summed E-state index contributed by atoms with van der Waals surface area (Å²) < 4.78 is 7.15. The molecule has 2 heterocycles. The van der Waals surface area contributed by atoms with Crippen molar-refractivity contribution in [2.45, 2.75) is 38.4 Å². The number of ether oxygens (including phenoxy) is 1. The van der Waals surface area contributed by atoms with Crippen molar-refractivity contribution in [3.63, 3.8) is 0 Å². The Hall–Kier alpha value is -2.61. The highest BCUT2D eigenvalue weighted by molar-refractivity contribution is 5.32. The van der Waals surface area contributed by atoms with Crippen LogP contribution in [0.4, 0.5) is 0 Å². The molecular weight excluding hydrogens is 400 g/mol. The lowest BCUT2D eigenvalue weighted by atomic mass is 9.96. The first-order valence-corrected chi connectivity index (χ1v) is 11.6. The second kappa shape index (κ2) is 11.3. The summed E-state index contributed by atoms with van der Waals surface area (Å²) in [6.07, 6.45) is 2.15. The molecule has 1 aromatic heterocycles. The monoisotopic (exact) mass is 434 g/mol. The molecule has 7 nitrogen and oxygen atoms in total. The van der Waals surface area contributed by atoms with Gasteiger partial charge in [-0.25, -0.2) is 4.68 Å². The van der Waals surface area contributed by atoms with Crippen LogP contribution in [-0.2, 0) is 11.3 Å². The molecule has 1 unspecified atom stereocenters. The molecular formula is C25H34N6O. The molecule has 0 spiro atoms. The van der Waals surface area contributed by atoms with Crippen LogP contribution >= 0.6 is 0 Å². The fraction of sp³-hybridized carbons (Fsp3) is 0.480. The van der Waals surface area contributed by atoms with Crippen molar-refractivity contribution in [1.29, 1.82) is 0 Å². The van der Waals surface area contributed by atoms with E-state index in [9.17, 15) is 0 Å². The van der Waals surface area contributed by atoms with Gasteiger partial charge in [-0.3, -0.25) is 9.80 Å². The quantitative estimate of drug-likeness (QED) is 0.486. The fourth-order valence-corrected chi connectivity index (χ4v) is 4.73. The number of aromatic nitrogens is 4. The van der Waals surface area contributed by atoms with Crippen LogP contribution < -0.4 is 0 Å². The molecule has 0 N–H and O–H groups in total. The van der Waals surface area contributed by atoms with Gasteiger partial charge in [-0.15, -0.1) is 5.10 Å². The molecule has 0 aliphatic carbocycles. The second-order valence-electron chi connectivity index (χ2n) is 8.35. The van der Waals surface area contributed by atoms with Crippen molar-refractivity contribution in [3.8, 4) is 0 Å². The Morgan fingerprint density at radius 1 is 0.875 bits per heavy atom. The molecule has 1 atom stereocenters. The van der Waals surface area contributed by atoms with Crippen molar-refractivity contribution in [2.24, 2.45) is 0 Å². The molecule has 1 saturated heterocycles. The van der Waals surface area contributed by atoms with Gasteiger partial charge in [0, 0.05) is 33.3 Å². The number of hydrogen-bond acceptors (Lipinski definition) is 6. The van der Waals surface area contributed by atoms with Crippen molar-refractivity contribution in [3.05, 3.63) is 77.6 Å². The number of tetrazole rings is 1. The molecule has 4 rings (SSSR count). The van der Waals surface area contributed by atoms with Crippen molar-refractivity contribution in [2.75, 3.05) is 39.9 Å². The van der Waals surface area contributed by atoms with Gasteiger partial charge in [0.1, 0.15) is 0 Å². The van der Waals surface area contributed by atoms with Crippen LogP contribution in [-0.4, -0.2) is 69.9 Å². The minimum absolute atomic E-state index is 0.237. The predicted molar refractivity (Wildman–Crippen MR) is 125 cm³/mol. The van der Waals surface area contributed by atoms with Gasteiger partial charge in [0.05, 0.1) is 25.2 Å². The lowest BCUT2D eigenvalue weighted by Crippen LogP contribution is -2.49. The topological polar surface area (TPSA) is 59.3 Å². The van der Waals surface area contributed by atoms with E-state index >= 15 is 0 Å². The highest BCUT2D eigenvalue weighted by Crippen LogP contribution is 2.32. The van der Waals surface area contributed by atoms with Crippen LogP contribution in [0.1, 0.15) is 48.8 Å². The normalized spacial score (nSPS) is 16.5. The van der Waals surface area contributed by atoms with E-state index < -0.39 is 0 Å². The van der Waals surface area contributed by atoms with Crippen molar-refractivity contribution in [1.82, 2.24) is 30.0 Å². The van der Waals surface area contributed by atoms with Gasteiger partial charge in [0.25, 0.3) is 0 Å². The van der Waals surface area contributed by atoms with E-state index in [1.165, 1.54) is 11.1 Å². The maximum Gasteiger partial charge on any atom is 0.168 e. The van der Waals surface area contributed by atoms with Gasteiger partial charge in [-0.05, 0) is 28.0 Å². The zero-order valence-electron chi connectivity index (χ0n) is 19.2. The first kappa shape index (κ1) is 22.6. The summed E-state index contributed by atoms with van der Waals surface area (Å²) in [6.45, 7) is 7.54. The van der Waals surface area contributed by atoms with Crippen LogP contribution in [0.15, 0.2) is 60.7 Å². The maximum absolute atomic E-state index is 5.24. The molecule has 0 radical (unpaired) electrons. The Balaban J connectivity index is 1.50. The van der Waals surface area contributed by atoms with Crippen LogP contribution in [0, 0.1) is 0 Å². The molecule has 0 saturated carbocycles. The summed E-state index contributed by atoms with van der Waals surface area (Å²) in [6, 6.07) is 22.2. The van der Waals surface area contributed by atoms with E-state index in [0.717, 1.165) is 44.8 Å². The van der Waals surface area contributed by atoms with Crippen LogP contribution in [0.25, 0.3) is 0 Å². The SMILES string of the molecule is CCCC(c1nnnn1CCOC)N1CCN(C(c2ccccc2)c2ccccc2)CC1. The lowest BCUT2D eigenvalue weighted by molar-refractivity contribution is 0.0692. The molecule has 1 aliphatic heterocycles. The van der Waals surface area contributed by atoms with Crippen LogP contribution in [0.5, 0.6) is 0 Å². The summed E-state index contributed by atoms with van der Waals surface area (Å²) in [5, 5.41) is 12.6. The van der Waals surface area contributed by atoms with E-state index in [0.29, 0.717) is 13.2 Å². The van der Waals surface area contributed by atoms with Gasteiger partial charge in [-0.2, -0.15) is 0 Å². The predicted octanol–water partition coefficient (Wildman–Crippen LogP) is 3.57. The molecule has 170 valence electrons. The average Bonchev–Trinajstić information content (AvgIpc) is 3.31. The third-order valence-electron chi connectivity index (χ3n) is 6.31. The Kier molecular flexibility index (Phi) is 7.98. The molecule has 1 fully saturated rings. The van der Waals surface area contributed by atoms with Crippen molar-refractivity contribution >= 4 is 0 Å². The van der Waals surface area contributed by atoms with Crippen molar-refractivity contribution < 1.29 is 4.74 Å². The molecule has 32 heavy (non-hydrogen) atoms. The smallest absolute Gasteiger partial charge is 0.168 e. The molecule has 2 aromatic carbocycles. The third-order valence-corrected chi connectivity index (χ3v) is 6.31. The summed E-state index contributed by atoms with van der Waals surface area (Å²) in [5.74, 6) is 0.958. The van der Waals surface area contributed by atoms with Gasteiger partial charge >= 0.3 is 0 Å². The third kappa shape index (κ3) is 5.23. The first-order valence-electron chi connectivity index (χ1n) is 11.6. The molecule has 0 bridgehead atoms. The van der Waals surface area contributed by atoms with E-state index in [2.05, 4.69) is 92.9 Å². The van der Waals surface area contributed by atoms with Gasteiger partial charge in [-0.1, -0.05) is 74.0 Å². The number of benzene rings is 2. The van der Waals surface area contributed by atoms with Crippen LogP contribution in [0.2, 0.25) is 0 Å². The highest BCUT2D eigenvalue weighted by atomic mass is 16.5. The van der Waals surface area contributed by atoms with Gasteiger partial charge < -0.3 is 4.74 Å². The standard InChI is InChI=1S/C25H34N6O/c1-3-10-23(25-26-27-28-31(25)19-20-32-2)29-15-17-30(18-16-29)24(21-11-6-4-7-12-21)22-13-8-5-9-14-22/h4-9,11-14,23-24H,3,10,15-20H2,1-2H3. The minimum Gasteiger partial charge on any atom is -0.383 e. The Labute approximate surface area is 191 Å². The molecule has 1 aliphatic rings. The van der Waals surface area contributed by atoms with E-state index in [-0.39, 0.29) is 12.1 Å². The zero-order chi connectivity index (χ0) is 22.2. The largest absolute Gasteiger partial charge is 0.383 e. The first-order chi connectivity index (χ1) is 15.8. The van der Waals surface area contributed by atoms with Crippen LogP contribution in [0.3, 0.4) is 0 Å². The average molecular weight is 435 g/mol. The zero-order valence-corrected chi connectivity index (χ0v) is 19.2. The van der Waals surface area contributed by atoms with Gasteiger partial charge in [0.2, 0.25) is 0 Å².